The number of benzene rings is 1. The minimum absolute atomic E-state index is 0.315. The van der Waals surface area contributed by atoms with E-state index < -0.39 is 0 Å². The first-order valence-electron chi connectivity index (χ1n) is 7.20. The number of rotatable bonds is 4. The van der Waals surface area contributed by atoms with Crippen molar-refractivity contribution in [2.24, 2.45) is 5.92 Å². The first-order valence-corrected chi connectivity index (χ1v) is 7.20. The Morgan fingerprint density at radius 2 is 2.18 bits per heavy atom. The summed E-state index contributed by atoms with van der Waals surface area (Å²) in [7, 11) is 0. The molecule has 0 saturated heterocycles. The average Bonchev–Trinajstić information content (AvgIpc) is 3.00. The van der Waals surface area contributed by atoms with E-state index in [1.165, 1.54) is 19.2 Å². The Bertz CT molecular complexity index is 818. The van der Waals surface area contributed by atoms with Crippen molar-refractivity contribution in [3.05, 3.63) is 37.0 Å². The molecule has 0 atom stereocenters. The van der Waals surface area contributed by atoms with Crippen molar-refractivity contribution in [2.45, 2.75) is 19.4 Å². The number of aromatic nitrogens is 3. The number of carbonyl (C=O) groups is 1. The zero-order valence-electron chi connectivity index (χ0n) is 11.8. The van der Waals surface area contributed by atoms with Crippen LogP contribution in [0.2, 0.25) is 0 Å². The second-order valence-corrected chi connectivity index (χ2v) is 5.51. The van der Waals surface area contributed by atoms with Crippen LogP contribution in [0, 0.1) is 5.92 Å². The second kappa shape index (κ2) is 5.18. The summed E-state index contributed by atoms with van der Waals surface area (Å²) in [5.41, 5.74) is 2.72. The summed E-state index contributed by atoms with van der Waals surface area (Å²) in [6.07, 6.45) is 7.42. The van der Waals surface area contributed by atoms with Gasteiger partial charge in [0.1, 0.15) is 5.52 Å². The Hall–Kier alpha value is -2.83. The van der Waals surface area contributed by atoms with E-state index in [1.54, 1.807) is 24.4 Å². The monoisotopic (exact) mass is 297 g/mol. The zero-order valence-corrected chi connectivity index (χ0v) is 11.8. The smallest absolute Gasteiger partial charge is 0.323 e. The Labute approximate surface area is 126 Å². The van der Waals surface area contributed by atoms with E-state index in [-0.39, 0.29) is 6.03 Å². The van der Waals surface area contributed by atoms with Crippen LogP contribution < -0.4 is 10.6 Å². The zero-order chi connectivity index (χ0) is 14.9. The summed E-state index contributed by atoms with van der Waals surface area (Å²) in [6.45, 7) is 0.922. The van der Waals surface area contributed by atoms with E-state index in [0.29, 0.717) is 17.0 Å². The van der Waals surface area contributed by atoms with Gasteiger partial charge in [-0.3, -0.25) is 4.68 Å². The molecule has 0 spiro atoms. The number of fused-ring (bicyclic) bond motifs is 1. The maximum atomic E-state index is 12.0. The Morgan fingerprint density at radius 1 is 1.32 bits per heavy atom. The SMILES string of the molecule is O=C(Nc1ccc2ncoc2c1)Nc1cnn(CC2CC2)c1. The summed E-state index contributed by atoms with van der Waals surface area (Å²) in [6, 6.07) is 4.99. The summed E-state index contributed by atoms with van der Waals surface area (Å²) in [4.78, 5) is 16.0. The number of nitrogens with zero attached hydrogens (tertiary/aromatic N) is 3. The standard InChI is InChI=1S/C15H15N5O2/c21-15(18-11-3-4-13-14(5-11)22-9-16-13)19-12-6-17-20(8-12)7-10-1-2-10/h3-6,8-10H,1-2,7H2,(H2,18,19,21). The van der Waals surface area contributed by atoms with Crippen LogP contribution >= 0.6 is 0 Å². The van der Waals surface area contributed by atoms with Crippen LogP contribution in [0.15, 0.2) is 41.4 Å². The molecule has 1 aliphatic rings. The predicted molar refractivity (Wildman–Crippen MR) is 81.6 cm³/mol. The van der Waals surface area contributed by atoms with Gasteiger partial charge in [-0.25, -0.2) is 9.78 Å². The van der Waals surface area contributed by atoms with Crippen LogP contribution in [0.5, 0.6) is 0 Å². The molecular formula is C15H15N5O2. The number of hydrogen-bond acceptors (Lipinski definition) is 4. The molecule has 22 heavy (non-hydrogen) atoms. The van der Waals surface area contributed by atoms with Crippen molar-refractivity contribution < 1.29 is 9.21 Å². The van der Waals surface area contributed by atoms with Crippen molar-refractivity contribution in [2.75, 3.05) is 10.6 Å². The molecule has 1 aliphatic carbocycles. The molecule has 2 heterocycles. The van der Waals surface area contributed by atoms with Gasteiger partial charge in [-0.05, 0) is 30.9 Å². The van der Waals surface area contributed by atoms with Gasteiger partial charge in [0.2, 0.25) is 0 Å². The molecule has 0 unspecified atom stereocenters. The van der Waals surface area contributed by atoms with Crippen molar-refractivity contribution in [1.29, 1.82) is 0 Å². The molecule has 1 aromatic carbocycles. The highest BCUT2D eigenvalue weighted by atomic mass is 16.3. The molecule has 2 amide bonds. The molecule has 3 aromatic rings. The number of nitrogens with one attached hydrogen (secondary N) is 2. The van der Waals surface area contributed by atoms with Crippen LogP contribution in [0.4, 0.5) is 16.2 Å². The normalized spacial score (nSPS) is 14.2. The number of hydrogen-bond donors (Lipinski definition) is 2. The fourth-order valence-electron chi connectivity index (χ4n) is 2.32. The molecule has 1 saturated carbocycles. The Kier molecular flexibility index (Phi) is 3.03. The highest BCUT2D eigenvalue weighted by molar-refractivity contribution is 6.00. The number of oxazole rings is 1. The topological polar surface area (TPSA) is 85.0 Å². The summed E-state index contributed by atoms with van der Waals surface area (Å²) in [5, 5.41) is 9.77. The van der Waals surface area contributed by atoms with E-state index in [4.69, 9.17) is 4.42 Å². The van der Waals surface area contributed by atoms with E-state index in [2.05, 4.69) is 20.7 Å². The molecule has 7 heteroatoms. The molecular weight excluding hydrogens is 282 g/mol. The third kappa shape index (κ3) is 2.78. The quantitative estimate of drug-likeness (QED) is 0.775. The van der Waals surface area contributed by atoms with Gasteiger partial charge in [-0.15, -0.1) is 0 Å². The lowest BCUT2D eigenvalue weighted by atomic mass is 10.3. The Balaban J connectivity index is 1.39. The van der Waals surface area contributed by atoms with E-state index in [1.807, 2.05) is 10.9 Å². The summed E-state index contributed by atoms with van der Waals surface area (Å²) >= 11 is 0. The third-order valence-corrected chi connectivity index (χ3v) is 3.62. The van der Waals surface area contributed by atoms with Crippen molar-refractivity contribution in [3.8, 4) is 0 Å². The lowest BCUT2D eigenvalue weighted by molar-refractivity contribution is 0.262. The fraction of sp³-hybridized carbons (Fsp3) is 0.267. The van der Waals surface area contributed by atoms with Crippen LogP contribution in [-0.2, 0) is 6.54 Å². The largest absolute Gasteiger partial charge is 0.443 e. The third-order valence-electron chi connectivity index (χ3n) is 3.62. The van der Waals surface area contributed by atoms with E-state index in [9.17, 15) is 4.79 Å². The van der Waals surface area contributed by atoms with Crippen LogP contribution in [0.1, 0.15) is 12.8 Å². The van der Waals surface area contributed by atoms with Crippen molar-refractivity contribution in [3.63, 3.8) is 0 Å². The second-order valence-electron chi connectivity index (χ2n) is 5.51. The number of anilines is 2. The molecule has 7 nitrogen and oxygen atoms in total. The van der Waals surface area contributed by atoms with Gasteiger partial charge in [0.15, 0.2) is 12.0 Å². The predicted octanol–water partition coefficient (Wildman–Crippen LogP) is 3.08. The van der Waals surface area contributed by atoms with Crippen molar-refractivity contribution in [1.82, 2.24) is 14.8 Å². The molecule has 0 radical (unpaired) electrons. The first kappa shape index (κ1) is 12.9. The Morgan fingerprint density at radius 3 is 3.05 bits per heavy atom. The summed E-state index contributed by atoms with van der Waals surface area (Å²) < 4.78 is 7.08. The molecule has 1 fully saturated rings. The van der Waals surface area contributed by atoms with E-state index in [0.717, 1.165) is 18.0 Å². The molecule has 4 rings (SSSR count). The molecule has 112 valence electrons. The van der Waals surface area contributed by atoms with Gasteiger partial charge in [-0.2, -0.15) is 5.10 Å². The van der Waals surface area contributed by atoms with E-state index >= 15 is 0 Å². The maximum Gasteiger partial charge on any atom is 0.323 e. The summed E-state index contributed by atoms with van der Waals surface area (Å²) in [5.74, 6) is 0.746. The van der Waals surface area contributed by atoms with Gasteiger partial charge in [0.05, 0.1) is 11.9 Å². The molecule has 0 aliphatic heterocycles. The molecule has 2 aromatic heterocycles. The minimum atomic E-state index is -0.315. The first-order chi connectivity index (χ1) is 10.8. The lowest BCUT2D eigenvalue weighted by Gasteiger charge is -2.05. The lowest BCUT2D eigenvalue weighted by Crippen LogP contribution is -2.19. The average molecular weight is 297 g/mol. The van der Waals surface area contributed by atoms with Gasteiger partial charge in [0, 0.05) is 24.5 Å². The number of urea groups is 1. The number of carbonyl (C=O) groups excluding carboxylic acids is 1. The van der Waals surface area contributed by atoms with Gasteiger partial charge in [0.25, 0.3) is 0 Å². The van der Waals surface area contributed by atoms with Crippen LogP contribution in [0.25, 0.3) is 11.1 Å². The maximum absolute atomic E-state index is 12.0. The highest BCUT2D eigenvalue weighted by Gasteiger charge is 2.22. The van der Waals surface area contributed by atoms with Gasteiger partial charge < -0.3 is 15.1 Å². The molecule has 2 N–H and O–H groups in total. The van der Waals surface area contributed by atoms with Gasteiger partial charge in [-0.1, -0.05) is 0 Å². The van der Waals surface area contributed by atoms with Crippen molar-refractivity contribution >= 4 is 28.5 Å². The molecule has 0 bridgehead atoms. The number of amides is 2. The fourth-order valence-corrected chi connectivity index (χ4v) is 2.32. The van der Waals surface area contributed by atoms with Gasteiger partial charge >= 0.3 is 6.03 Å². The highest BCUT2D eigenvalue weighted by Crippen LogP contribution is 2.30. The minimum Gasteiger partial charge on any atom is -0.443 e. The van der Waals surface area contributed by atoms with Crippen LogP contribution in [0.3, 0.4) is 0 Å². The van der Waals surface area contributed by atoms with Crippen LogP contribution in [-0.4, -0.2) is 20.8 Å².